The maximum Gasteiger partial charge on any atom is 0.251 e. The van der Waals surface area contributed by atoms with Gasteiger partial charge in [0.2, 0.25) is 5.91 Å². The summed E-state index contributed by atoms with van der Waals surface area (Å²) in [6, 6.07) is 13.4. The van der Waals surface area contributed by atoms with Crippen molar-refractivity contribution in [1.29, 1.82) is 0 Å². The van der Waals surface area contributed by atoms with Gasteiger partial charge in [-0.15, -0.1) is 0 Å². The van der Waals surface area contributed by atoms with E-state index in [0.29, 0.717) is 18.7 Å². The molecule has 2 amide bonds. The number of carbonyl (C=O) groups is 2. The summed E-state index contributed by atoms with van der Waals surface area (Å²) in [7, 11) is 0. The van der Waals surface area contributed by atoms with Crippen molar-refractivity contribution in [2.45, 2.75) is 13.8 Å². The Bertz CT molecular complexity index is 648. The molecule has 0 saturated carbocycles. The van der Waals surface area contributed by atoms with Crippen LogP contribution in [-0.2, 0) is 4.79 Å². The molecule has 4 heteroatoms. The van der Waals surface area contributed by atoms with Gasteiger partial charge in [-0.05, 0) is 36.8 Å². The molecule has 0 saturated heterocycles. The van der Waals surface area contributed by atoms with Crippen molar-refractivity contribution in [2.24, 2.45) is 0 Å². The third-order valence-corrected chi connectivity index (χ3v) is 3.53. The van der Waals surface area contributed by atoms with Crippen LogP contribution in [0.3, 0.4) is 0 Å². The molecule has 2 rings (SSSR count). The van der Waals surface area contributed by atoms with Crippen LogP contribution in [0.4, 0.5) is 0 Å². The maximum atomic E-state index is 12.1. The highest BCUT2D eigenvalue weighted by Gasteiger charge is 2.12. The van der Waals surface area contributed by atoms with Gasteiger partial charge in [-0.2, -0.15) is 0 Å². The quantitative estimate of drug-likeness (QED) is 0.916. The van der Waals surface area contributed by atoms with Crippen LogP contribution in [0.1, 0.15) is 24.2 Å². The molecule has 0 atom stereocenters. The number of benzene rings is 2. The number of rotatable bonds is 5. The first-order valence-electron chi connectivity index (χ1n) is 7.20. The molecule has 0 spiro atoms. The zero-order chi connectivity index (χ0) is 15.2. The molecule has 0 bridgehead atoms. The van der Waals surface area contributed by atoms with Crippen LogP contribution in [0.15, 0.2) is 42.5 Å². The molecule has 0 heterocycles. The lowest BCUT2D eigenvalue weighted by Crippen LogP contribution is -2.39. The lowest BCUT2D eigenvalue weighted by Gasteiger charge is -2.18. The van der Waals surface area contributed by atoms with Crippen molar-refractivity contribution in [3.05, 3.63) is 48.0 Å². The van der Waals surface area contributed by atoms with E-state index in [4.69, 9.17) is 0 Å². The van der Waals surface area contributed by atoms with Gasteiger partial charge >= 0.3 is 0 Å². The third-order valence-electron chi connectivity index (χ3n) is 3.53. The SMILES string of the molecule is CCN(CC)C(=O)CNC(=O)c1ccc2ccccc2c1. The predicted molar refractivity (Wildman–Crippen MR) is 84.2 cm³/mol. The number of nitrogens with zero attached hydrogens (tertiary/aromatic N) is 1. The lowest BCUT2D eigenvalue weighted by atomic mass is 10.1. The Hall–Kier alpha value is -2.36. The Kier molecular flexibility index (Phi) is 4.93. The molecule has 0 radical (unpaired) electrons. The molecule has 0 aliphatic rings. The molecule has 0 aliphatic heterocycles. The Labute approximate surface area is 124 Å². The molecular formula is C17H20N2O2. The predicted octanol–water partition coefficient (Wildman–Crippen LogP) is 2.44. The molecule has 1 N–H and O–H groups in total. The molecule has 4 nitrogen and oxygen atoms in total. The summed E-state index contributed by atoms with van der Waals surface area (Å²) in [4.78, 5) is 25.7. The summed E-state index contributed by atoms with van der Waals surface area (Å²) in [6.07, 6.45) is 0. The first-order valence-corrected chi connectivity index (χ1v) is 7.20. The fraction of sp³-hybridized carbons (Fsp3) is 0.294. The van der Waals surface area contributed by atoms with Crippen molar-refractivity contribution >= 4 is 22.6 Å². The van der Waals surface area contributed by atoms with E-state index in [-0.39, 0.29) is 18.4 Å². The zero-order valence-electron chi connectivity index (χ0n) is 12.4. The van der Waals surface area contributed by atoms with E-state index >= 15 is 0 Å². The number of hydrogen-bond donors (Lipinski definition) is 1. The molecule has 0 fully saturated rings. The summed E-state index contributed by atoms with van der Waals surface area (Å²) in [5, 5.41) is 4.79. The second-order valence-corrected chi connectivity index (χ2v) is 4.81. The molecule has 2 aromatic rings. The van der Waals surface area contributed by atoms with Crippen LogP contribution in [-0.4, -0.2) is 36.3 Å². The second kappa shape index (κ2) is 6.88. The number of hydrogen-bond acceptors (Lipinski definition) is 2. The molecule has 0 aromatic heterocycles. The smallest absolute Gasteiger partial charge is 0.251 e. The Morgan fingerprint density at radius 2 is 1.67 bits per heavy atom. The topological polar surface area (TPSA) is 49.4 Å². The minimum atomic E-state index is -0.221. The fourth-order valence-corrected chi connectivity index (χ4v) is 2.28. The number of likely N-dealkylation sites (N-methyl/N-ethyl adjacent to an activating group) is 1. The van der Waals surface area contributed by atoms with E-state index in [1.165, 1.54) is 0 Å². The van der Waals surface area contributed by atoms with Gasteiger partial charge in [0.15, 0.2) is 0 Å². The summed E-state index contributed by atoms with van der Waals surface area (Å²) in [5.41, 5.74) is 0.570. The number of nitrogens with one attached hydrogen (secondary N) is 1. The largest absolute Gasteiger partial charge is 0.343 e. The van der Waals surface area contributed by atoms with Crippen molar-refractivity contribution in [3.63, 3.8) is 0 Å². The van der Waals surface area contributed by atoms with Crippen LogP contribution in [0.25, 0.3) is 10.8 Å². The zero-order valence-corrected chi connectivity index (χ0v) is 12.4. The van der Waals surface area contributed by atoms with Crippen LogP contribution in [0.5, 0.6) is 0 Å². The van der Waals surface area contributed by atoms with E-state index in [1.807, 2.05) is 50.2 Å². The molecule has 2 aromatic carbocycles. The summed E-state index contributed by atoms with van der Waals surface area (Å²) in [6.45, 7) is 5.19. The normalized spacial score (nSPS) is 10.4. The number of fused-ring (bicyclic) bond motifs is 1. The Morgan fingerprint density at radius 1 is 1.00 bits per heavy atom. The van der Waals surface area contributed by atoms with Gasteiger partial charge in [-0.3, -0.25) is 9.59 Å². The van der Waals surface area contributed by atoms with Crippen molar-refractivity contribution in [2.75, 3.05) is 19.6 Å². The third kappa shape index (κ3) is 3.60. The van der Waals surface area contributed by atoms with Gasteiger partial charge in [-0.25, -0.2) is 0 Å². The average Bonchev–Trinajstić information content (AvgIpc) is 2.53. The van der Waals surface area contributed by atoms with Crippen LogP contribution in [0, 0.1) is 0 Å². The summed E-state index contributed by atoms with van der Waals surface area (Å²) >= 11 is 0. The molecule has 0 unspecified atom stereocenters. The van der Waals surface area contributed by atoms with Crippen LogP contribution < -0.4 is 5.32 Å². The standard InChI is InChI=1S/C17H20N2O2/c1-3-19(4-2)16(20)12-18-17(21)15-10-9-13-7-5-6-8-14(13)11-15/h5-11H,3-4,12H2,1-2H3,(H,18,21). The monoisotopic (exact) mass is 284 g/mol. The maximum absolute atomic E-state index is 12.1. The van der Waals surface area contributed by atoms with Crippen molar-refractivity contribution in [3.8, 4) is 0 Å². The average molecular weight is 284 g/mol. The molecular weight excluding hydrogens is 264 g/mol. The highest BCUT2D eigenvalue weighted by atomic mass is 16.2. The number of amides is 2. The Balaban J connectivity index is 2.03. The molecule has 21 heavy (non-hydrogen) atoms. The van der Waals surface area contributed by atoms with Gasteiger partial charge in [0.25, 0.3) is 5.91 Å². The fourth-order valence-electron chi connectivity index (χ4n) is 2.28. The van der Waals surface area contributed by atoms with E-state index < -0.39 is 0 Å². The van der Waals surface area contributed by atoms with Crippen LogP contribution in [0.2, 0.25) is 0 Å². The van der Waals surface area contributed by atoms with Gasteiger partial charge in [0.1, 0.15) is 0 Å². The number of carbonyl (C=O) groups excluding carboxylic acids is 2. The van der Waals surface area contributed by atoms with E-state index in [1.54, 1.807) is 11.0 Å². The second-order valence-electron chi connectivity index (χ2n) is 4.81. The van der Waals surface area contributed by atoms with E-state index in [9.17, 15) is 9.59 Å². The molecule has 0 aliphatic carbocycles. The minimum Gasteiger partial charge on any atom is -0.343 e. The van der Waals surface area contributed by atoms with E-state index in [0.717, 1.165) is 10.8 Å². The van der Waals surface area contributed by atoms with Gasteiger partial charge in [0, 0.05) is 18.7 Å². The van der Waals surface area contributed by atoms with Crippen molar-refractivity contribution < 1.29 is 9.59 Å². The summed E-state index contributed by atoms with van der Waals surface area (Å²) in [5.74, 6) is -0.282. The lowest BCUT2D eigenvalue weighted by molar-refractivity contribution is -0.129. The highest BCUT2D eigenvalue weighted by Crippen LogP contribution is 2.15. The highest BCUT2D eigenvalue weighted by molar-refractivity contribution is 5.99. The van der Waals surface area contributed by atoms with E-state index in [2.05, 4.69) is 5.32 Å². The van der Waals surface area contributed by atoms with Crippen LogP contribution >= 0.6 is 0 Å². The minimum absolute atomic E-state index is 0.0351. The van der Waals surface area contributed by atoms with Gasteiger partial charge in [0.05, 0.1) is 6.54 Å². The van der Waals surface area contributed by atoms with Gasteiger partial charge < -0.3 is 10.2 Å². The Morgan fingerprint density at radius 3 is 2.33 bits per heavy atom. The molecule has 110 valence electrons. The first-order chi connectivity index (χ1) is 10.2. The van der Waals surface area contributed by atoms with Crippen molar-refractivity contribution in [1.82, 2.24) is 10.2 Å². The first kappa shape index (κ1) is 15.0. The van der Waals surface area contributed by atoms with Gasteiger partial charge in [-0.1, -0.05) is 30.3 Å². The summed E-state index contributed by atoms with van der Waals surface area (Å²) < 4.78 is 0.